The fraction of sp³-hybridized carbons (Fsp3) is 0. The molecule has 7 heteroatoms. The van der Waals surface area contributed by atoms with Crippen LogP contribution in [-0.4, -0.2) is 8.42 Å². The average Bonchev–Trinajstić information content (AvgIpc) is 2.43. The molecule has 2 aromatic carbocycles. The zero-order chi connectivity index (χ0) is 14.8. The van der Waals surface area contributed by atoms with Crippen molar-refractivity contribution in [2.45, 2.75) is 4.90 Å². The number of benzene rings is 2. The molecule has 0 amide bonds. The van der Waals surface area contributed by atoms with Crippen LogP contribution < -0.4 is 10.5 Å². The van der Waals surface area contributed by atoms with Crippen molar-refractivity contribution in [3.63, 3.8) is 0 Å². The minimum Gasteiger partial charge on any atom is -0.397 e. The molecule has 0 spiro atoms. The van der Waals surface area contributed by atoms with Gasteiger partial charge in [0.1, 0.15) is 5.82 Å². The maximum Gasteiger partial charge on any atom is 0.262 e. The third kappa shape index (κ3) is 2.87. The highest BCUT2D eigenvalue weighted by Gasteiger charge is 2.16. The molecule has 102 valence electrons. The molecule has 0 saturated heterocycles. The summed E-state index contributed by atoms with van der Waals surface area (Å²) in [7, 11) is -3.93. The van der Waals surface area contributed by atoms with Crippen LogP contribution in [0.2, 0.25) is 0 Å². The predicted octanol–water partition coefficient (Wildman–Crippen LogP) is 2.08. The Kier molecular flexibility index (Phi) is 3.59. The molecule has 0 unspecified atom stereocenters. The molecule has 0 atom stereocenters. The van der Waals surface area contributed by atoms with Gasteiger partial charge in [0.05, 0.1) is 27.9 Å². The summed E-state index contributed by atoms with van der Waals surface area (Å²) >= 11 is 0. The minimum atomic E-state index is -3.93. The third-order valence-electron chi connectivity index (χ3n) is 2.53. The topological polar surface area (TPSA) is 96.0 Å². The molecule has 2 rings (SSSR count). The Morgan fingerprint density at radius 3 is 2.65 bits per heavy atom. The van der Waals surface area contributed by atoms with Crippen LogP contribution in [0.25, 0.3) is 0 Å². The molecule has 5 nitrogen and oxygen atoms in total. The van der Waals surface area contributed by atoms with Crippen LogP contribution in [0, 0.1) is 17.1 Å². The van der Waals surface area contributed by atoms with Crippen molar-refractivity contribution in [2.24, 2.45) is 0 Å². The molecule has 0 bridgehead atoms. The highest BCUT2D eigenvalue weighted by atomic mass is 32.2. The quantitative estimate of drug-likeness (QED) is 0.846. The van der Waals surface area contributed by atoms with Crippen molar-refractivity contribution in [1.82, 2.24) is 0 Å². The zero-order valence-corrected chi connectivity index (χ0v) is 11.0. The van der Waals surface area contributed by atoms with E-state index >= 15 is 0 Å². The van der Waals surface area contributed by atoms with Crippen molar-refractivity contribution >= 4 is 21.4 Å². The summed E-state index contributed by atoms with van der Waals surface area (Å²) in [5.41, 5.74) is 5.85. The smallest absolute Gasteiger partial charge is 0.262 e. The molecule has 20 heavy (non-hydrogen) atoms. The monoisotopic (exact) mass is 291 g/mol. The van der Waals surface area contributed by atoms with E-state index in [0.717, 1.165) is 12.1 Å². The van der Waals surface area contributed by atoms with E-state index in [2.05, 4.69) is 4.72 Å². The van der Waals surface area contributed by atoms with Gasteiger partial charge in [-0.1, -0.05) is 6.07 Å². The lowest BCUT2D eigenvalue weighted by atomic mass is 10.2. The van der Waals surface area contributed by atoms with Crippen LogP contribution in [0.1, 0.15) is 5.56 Å². The Morgan fingerprint density at radius 2 is 1.95 bits per heavy atom. The van der Waals surface area contributed by atoms with Gasteiger partial charge in [-0.05, 0) is 30.3 Å². The van der Waals surface area contributed by atoms with Crippen LogP contribution in [0.5, 0.6) is 0 Å². The van der Waals surface area contributed by atoms with Crippen molar-refractivity contribution in [3.8, 4) is 6.07 Å². The number of sulfonamides is 1. The van der Waals surface area contributed by atoms with Crippen LogP contribution >= 0.6 is 0 Å². The Bertz CT molecular complexity index is 798. The second-order valence-corrected chi connectivity index (χ2v) is 5.66. The second kappa shape index (κ2) is 5.19. The standard InChI is InChI=1S/C13H10FN3O2S/c14-10-4-5-12(16)13(7-10)17-20(18,19)11-3-1-2-9(6-11)8-15/h1-7,17H,16H2. The van der Waals surface area contributed by atoms with Gasteiger partial charge in [-0.3, -0.25) is 4.72 Å². The van der Waals surface area contributed by atoms with Gasteiger partial charge in [0.2, 0.25) is 0 Å². The molecule has 0 radical (unpaired) electrons. The highest BCUT2D eigenvalue weighted by Crippen LogP contribution is 2.23. The van der Waals surface area contributed by atoms with Crippen molar-refractivity contribution in [1.29, 1.82) is 5.26 Å². The molecule has 2 aromatic rings. The molecular weight excluding hydrogens is 281 g/mol. The second-order valence-electron chi connectivity index (χ2n) is 3.98. The summed E-state index contributed by atoms with van der Waals surface area (Å²) in [5, 5.41) is 8.76. The Labute approximate surface area is 115 Å². The molecule has 0 aliphatic rings. The predicted molar refractivity (Wildman–Crippen MR) is 72.8 cm³/mol. The van der Waals surface area contributed by atoms with Crippen LogP contribution in [0.3, 0.4) is 0 Å². The molecule has 0 fully saturated rings. The first-order valence-corrected chi connectivity index (χ1v) is 6.99. The Hall–Kier alpha value is -2.59. The van der Waals surface area contributed by atoms with Crippen LogP contribution in [-0.2, 0) is 10.0 Å². The molecule has 0 saturated carbocycles. The summed E-state index contributed by atoms with van der Waals surface area (Å²) in [6.07, 6.45) is 0. The first-order valence-electron chi connectivity index (χ1n) is 5.50. The third-order valence-corrected chi connectivity index (χ3v) is 3.90. The Balaban J connectivity index is 2.41. The van der Waals surface area contributed by atoms with E-state index in [-0.39, 0.29) is 21.8 Å². The molecule has 3 N–H and O–H groups in total. The van der Waals surface area contributed by atoms with Gasteiger partial charge in [0.25, 0.3) is 10.0 Å². The summed E-state index contributed by atoms with van der Waals surface area (Å²) in [5.74, 6) is -0.609. The number of nitrogens with two attached hydrogens (primary N) is 1. The zero-order valence-electron chi connectivity index (χ0n) is 10.2. The SMILES string of the molecule is N#Cc1cccc(S(=O)(=O)Nc2cc(F)ccc2N)c1. The summed E-state index contributed by atoms with van der Waals surface area (Å²) in [6, 6.07) is 10.7. The van der Waals surface area contributed by atoms with Crippen molar-refractivity contribution < 1.29 is 12.8 Å². The van der Waals surface area contributed by atoms with E-state index in [9.17, 15) is 12.8 Å². The molecular formula is C13H10FN3O2S. The van der Waals surface area contributed by atoms with Gasteiger partial charge >= 0.3 is 0 Å². The molecule has 0 aromatic heterocycles. The molecule has 0 aliphatic carbocycles. The number of nitrogens with zero attached hydrogens (tertiary/aromatic N) is 1. The lowest BCUT2D eigenvalue weighted by Gasteiger charge is -2.10. The van der Waals surface area contributed by atoms with Gasteiger partial charge in [-0.15, -0.1) is 0 Å². The van der Waals surface area contributed by atoms with Gasteiger partial charge in [-0.2, -0.15) is 5.26 Å². The average molecular weight is 291 g/mol. The fourth-order valence-electron chi connectivity index (χ4n) is 1.55. The summed E-state index contributed by atoms with van der Waals surface area (Å²) in [6.45, 7) is 0. The Morgan fingerprint density at radius 1 is 1.20 bits per heavy atom. The van der Waals surface area contributed by atoms with Crippen LogP contribution in [0.15, 0.2) is 47.4 Å². The maximum atomic E-state index is 13.1. The lowest BCUT2D eigenvalue weighted by Crippen LogP contribution is -2.14. The van der Waals surface area contributed by atoms with Gasteiger partial charge in [-0.25, -0.2) is 12.8 Å². The number of hydrogen-bond acceptors (Lipinski definition) is 4. The van der Waals surface area contributed by atoms with E-state index < -0.39 is 15.8 Å². The van der Waals surface area contributed by atoms with E-state index in [1.165, 1.54) is 30.3 Å². The lowest BCUT2D eigenvalue weighted by molar-refractivity contribution is 0.601. The van der Waals surface area contributed by atoms with Crippen molar-refractivity contribution in [2.75, 3.05) is 10.5 Å². The largest absolute Gasteiger partial charge is 0.397 e. The number of nitriles is 1. The maximum absolute atomic E-state index is 13.1. The van der Waals surface area contributed by atoms with Gasteiger partial charge in [0.15, 0.2) is 0 Å². The van der Waals surface area contributed by atoms with Crippen molar-refractivity contribution in [3.05, 3.63) is 53.8 Å². The summed E-state index contributed by atoms with van der Waals surface area (Å²) < 4.78 is 39.6. The number of halogens is 1. The molecule has 0 aliphatic heterocycles. The first-order chi connectivity index (χ1) is 9.42. The number of nitrogen functional groups attached to an aromatic ring is 1. The number of rotatable bonds is 3. The fourth-order valence-corrected chi connectivity index (χ4v) is 2.68. The summed E-state index contributed by atoms with van der Waals surface area (Å²) in [4.78, 5) is -0.0970. The van der Waals surface area contributed by atoms with E-state index in [1.807, 2.05) is 6.07 Å². The number of nitrogens with one attached hydrogen (secondary N) is 1. The molecule has 0 heterocycles. The minimum absolute atomic E-state index is 0.0487. The highest BCUT2D eigenvalue weighted by molar-refractivity contribution is 7.92. The van der Waals surface area contributed by atoms with Gasteiger partial charge < -0.3 is 5.73 Å². The normalized spacial score (nSPS) is 10.8. The number of hydrogen-bond donors (Lipinski definition) is 2. The van der Waals surface area contributed by atoms with E-state index in [0.29, 0.717) is 0 Å². The van der Waals surface area contributed by atoms with Crippen LogP contribution in [0.4, 0.5) is 15.8 Å². The van der Waals surface area contributed by atoms with Gasteiger partial charge in [0, 0.05) is 6.07 Å². The number of anilines is 2. The van der Waals surface area contributed by atoms with E-state index in [4.69, 9.17) is 11.0 Å². The van der Waals surface area contributed by atoms with E-state index in [1.54, 1.807) is 0 Å². The first kappa shape index (κ1) is 13.8.